The van der Waals surface area contributed by atoms with Gasteiger partial charge in [-0.3, -0.25) is 4.79 Å². The molecule has 0 aliphatic carbocycles. The first kappa shape index (κ1) is 12.0. The van der Waals surface area contributed by atoms with Gasteiger partial charge in [0.1, 0.15) is 0 Å². The highest BCUT2D eigenvalue weighted by Crippen LogP contribution is 2.18. The van der Waals surface area contributed by atoms with Crippen molar-refractivity contribution in [3.8, 4) is 0 Å². The number of β-amino-alcohol motifs (C(OH)–C–C–N with tert-alkyl or cyclic N) is 1. The van der Waals surface area contributed by atoms with Gasteiger partial charge < -0.3 is 10.0 Å². The minimum Gasteiger partial charge on any atom is -0.391 e. The minimum atomic E-state index is -0.314. The molecule has 0 bridgehead atoms. The number of rotatable bonds is 4. The standard InChI is InChI=1S/C11H15NO2S2/c13-9-3-4-12(6-9)11(14)8-15-7-10-2-1-5-16-10/h1-2,5,9,13H,3-4,6-8H2/t9-/m0/s1. The van der Waals surface area contributed by atoms with Crippen molar-refractivity contribution >= 4 is 29.0 Å². The molecular weight excluding hydrogens is 242 g/mol. The Morgan fingerprint density at radius 3 is 3.19 bits per heavy atom. The highest BCUT2D eigenvalue weighted by molar-refractivity contribution is 7.99. The summed E-state index contributed by atoms with van der Waals surface area (Å²) >= 11 is 3.37. The van der Waals surface area contributed by atoms with E-state index in [2.05, 4.69) is 11.4 Å². The van der Waals surface area contributed by atoms with Crippen LogP contribution in [0, 0.1) is 0 Å². The number of carbonyl (C=O) groups is 1. The Kier molecular flexibility index (Phi) is 4.26. The van der Waals surface area contributed by atoms with Gasteiger partial charge in [-0.15, -0.1) is 23.1 Å². The lowest BCUT2D eigenvalue weighted by Gasteiger charge is -2.14. The van der Waals surface area contributed by atoms with Gasteiger partial charge in [-0.05, 0) is 17.9 Å². The summed E-state index contributed by atoms with van der Waals surface area (Å²) in [7, 11) is 0. The van der Waals surface area contributed by atoms with Crippen LogP contribution in [-0.4, -0.2) is 40.9 Å². The fourth-order valence-corrected chi connectivity index (χ4v) is 3.46. The van der Waals surface area contributed by atoms with Crippen molar-refractivity contribution in [3.63, 3.8) is 0 Å². The number of hydrogen-bond acceptors (Lipinski definition) is 4. The van der Waals surface area contributed by atoms with Crippen LogP contribution >= 0.6 is 23.1 Å². The number of thiophene rings is 1. The van der Waals surface area contributed by atoms with Crippen molar-refractivity contribution in [2.24, 2.45) is 0 Å². The second-order valence-corrected chi connectivity index (χ2v) is 5.87. The van der Waals surface area contributed by atoms with Crippen molar-refractivity contribution in [1.29, 1.82) is 0 Å². The maximum Gasteiger partial charge on any atom is 0.232 e. The van der Waals surface area contributed by atoms with Crippen molar-refractivity contribution in [3.05, 3.63) is 22.4 Å². The molecular formula is C11H15NO2S2. The third kappa shape index (κ3) is 3.23. The predicted molar refractivity (Wildman–Crippen MR) is 67.7 cm³/mol. The van der Waals surface area contributed by atoms with Crippen molar-refractivity contribution < 1.29 is 9.90 Å². The molecule has 0 radical (unpaired) electrons. The first-order chi connectivity index (χ1) is 7.75. The Hall–Kier alpha value is -0.520. The van der Waals surface area contributed by atoms with Crippen LogP contribution in [0.25, 0.3) is 0 Å². The third-order valence-electron chi connectivity index (χ3n) is 2.57. The molecule has 2 heterocycles. The second-order valence-electron chi connectivity index (χ2n) is 3.85. The topological polar surface area (TPSA) is 40.5 Å². The lowest BCUT2D eigenvalue weighted by atomic mass is 10.3. The number of likely N-dealkylation sites (tertiary alicyclic amines) is 1. The van der Waals surface area contributed by atoms with E-state index in [4.69, 9.17) is 0 Å². The number of nitrogens with zero attached hydrogens (tertiary/aromatic N) is 1. The van der Waals surface area contributed by atoms with Crippen molar-refractivity contribution in [1.82, 2.24) is 4.90 Å². The highest BCUT2D eigenvalue weighted by Gasteiger charge is 2.23. The average Bonchev–Trinajstić information content (AvgIpc) is 2.89. The average molecular weight is 257 g/mol. The molecule has 1 atom stereocenters. The van der Waals surface area contributed by atoms with Gasteiger partial charge in [0, 0.05) is 23.7 Å². The van der Waals surface area contributed by atoms with Crippen LogP contribution in [0.5, 0.6) is 0 Å². The molecule has 0 unspecified atom stereocenters. The molecule has 3 nitrogen and oxygen atoms in total. The van der Waals surface area contributed by atoms with Crippen LogP contribution < -0.4 is 0 Å². The molecule has 0 spiro atoms. The molecule has 0 aromatic carbocycles. The molecule has 16 heavy (non-hydrogen) atoms. The van der Waals surface area contributed by atoms with Crippen LogP contribution in [0.15, 0.2) is 17.5 Å². The normalized spacial score (nSPS) is 20.3. The zero-order valence-corrected chi connectivity index (χ0v) is 10.6. The SMILES string of the molecule is O=C(CSCc1cccs1)N1CC[C@H](O)C1. The first-order valence-corrected chi connectivity index (χ1v) is 7.35. The van der Waals surface area contributed by atoms with E-state index >= 15 is 0 Å². The first-order valence-electron chi connectivity index (χ1n) is 5.31. The lowest BCUT2D eigenvalue weighted by molar-refractivity contribution is -0.127. The van der Waals surface area contributed by atoms with E-state index in [1.54, 1.807) is 28.0 Å². The zero-order chi connectivity index (χ0) is 11.4. The van der Waals surface area contributed by atoms with Gasteiger partial charge in [0.15, 0.2) is 0 Å². The number of thioether (sulfide) groups is 1. The van der Waals surface area contributed by atoms with Gasteiger partial charge >= 0.3 is 0 Å². The van der Waals surface area contributed by atoms with Crippen LogP contribution in [-0.2, 0) is 10.5 Å². The summed E-state index contributed by atoms with van der Waals surface area (Å²) in [6.45, 7) is 1.22. The molecule has 1 aliphatic rings. The van der Waals surface area contributed by atoms with Crippen molar-refractivity contribution in [2.45, 2.75) is 18.3 Å². The predicted octanol–water partition coefficient (Wildman–Crippen LogP) is 1.57. The summed E-state index contributed by atoms with van der Waals surface area (Å²) in [6, 6.07) is 4.11. The number of hydrogen-bond donors (Lipinski definition) is 1. The van der Waals surface area contributed by atoms with E-state index in [0.717, 1.165) is 12.2 Å². The van der Waals surface area contributed by atoms with Crippen LogP contribution in [0.4, 0.5) is 0 Å². The molecule has 1 saturated heterocycles. The number of carbonyl (C=O) groups excluding carboxylic acids is 1. The molecule has 1 N–H and O–H groups in total. The van der Waals surface area contributed by atoms with E-state index in [0.29, 0.717) is 18.8 Å². The maximum atomic E-state index is 11.7. The van der Waals surface area contributed by atoms with Crippen LogP contribution in [0.2, 0.25) is 0 Å². The largest absolute Gasteiger partial charge is 0.391 e. The Morgan fingerprint density at radius 1 is 1.69 bits per heavy atom. The summed E-state index contributed by atoms with van der Waals surface area (Å²) in [4.78, 5) is 14.8. The monoisotopic (exact) mass is 257 g/mol. The summed E-state index contributed by atoms with van der Waals surface area (Å²) in [6.07, 6.45) is 0.410. The number of amides is 1. The van der Waals surface area contributed by atoms with Crippen LogP contribution in [0.3, 0.4) is 0 Å². The molecule has 2 rings (SSSR count). The van der Waals surface area contributed by atoms with Crippen molar-refractivity contribution in [2.75, 3.05) is 18.8 Å². The zero-order valence-electron chi connectivity index (χ0n) is 8.96. The maximum absolute atomic E-state index is 11.7. The molecule has 1 amide bonds. The molecule has 0 saturated carbocycles. The number of aliphatic hydroxyl groups is 1. The summed E-state index contributed by atoms with van der Waals surface area (Å²) < 4.78 is 0. The quantitative estimate of drug-likeness (QED) is 0.890. The summed E-state index contributed by atoms with van der Waals surface area (Å²) in [5, 5.41) is 11.4. The highest BCUT2D eigenvalue weighted by atomic mass is 32.2. The summed E-state index contributed by atoms with van der Waals surface area (Å²) in [5.74, 6) is 1.57. The fourth-order valence-electron chi connectivity index (χ4n) is 1.69. The molecule has 1 aromatic heterocycles. The molecule has 1 aromatic rings. The van der Waals surface area contributed by atoms with E-state index in [-0.39, 0.29) is 12.0 Å². The lowest BCUT2D eigenvalue weighted by Crippen LogP contribution is -2.30. The smallest absolute Gasteiger partial charge is 0.232 e. The Bertz CT molecular complexity index is 340. The van der Waals surface area contributed by atoms with E-state index < -0.39 is 0 Å². The Morgan fingerprint density at radius 2 is 2.56 bits per heavy atom. The van der Waals surface area contributed by atoms with Gasteiger partial charge in [0.05, 0.1) is 11.9 Å². The van der Waals surface area contributed by atoms with Gasteiger partial charge in [-0.25, -0.2) is 0 Å². The third-order valence-corrected chi connectivity index (χ3v) is 4.59. The number of aliphatic hydroxyl groups excluding tert-OH is 1. The summed E-state index contributed by atoms with van der Waals surface area (Å²) in [5.41, 5.74) is 0. The Balaban J connectivity index is 1.68. The second kappa shape index (κ2) is 5.70. The Labute approximate surface area is 103 Å². The van der Waals surface area contributed by atoms with Gasteiger partial charge in [-0.1, -0.05) is 6.07 Å². The fraction of sp³-hybridized carbons (Fsp3) is 0.545. The van der Waals surface area contributed by atoms with E-state index in [9.17, 15) is 9.90 Å². The van der Waals surface area contributed by atoms with Crippen LogP contribution in [0.1, 0.15) is 11.3 Å². The van der Waals surface area contributed by atoms with Gasteiger partial charge in [0.25, 0.3) is 0 Å². The molecule has 5 heteroatoms. The van der Waals surface area contributed by atoms with E-state index in [1.165, 1.54) is 4.88 Å². The van der Waals surface area contributed by atoms with Gasteiger partial charge in [-0.2, -0.15) is 0 Å². The minimum absolute atomic E-state index is 0.151. The molecule has 88 valence electrons. The molecule has 1 fully saturated rings. The van der Waals surface area contributed by atoms with Gasteiger partial charge in [0.2, 0.25) is 5.91 Å². The van der Waals surface area contributed by atoms with E-state index in [1.807, 2.05) is 6.07 Å². The molecule has 1 aliphatic heterocycles.